The molecule has 136 valence electrons. The van der Waals surface area contributed by atoms with E-state index in [-0.39, 0.29) is 31.2 Å². The van der Waals surface area contributed by atoms with Gasteiger partial charge in [0.1, 0.15) is 0 Å². The van der Waals surface area contributed by atoms with Gasteiger partial charge in [-0.05, 0) is 17.7 Å². The summed E-state index contributed by atoms with van der Waals surface area (Å²) in [5.41, 5.74) is 1.33. The predicted octanol–water partition coefficient (Wildman–Crippen LogP) is 2.48. The second kappa shape index (κ2) is 9.36. The van der Waals surface area contributed by atoms with Crippen molar-refractivity contribution in [3.63, 3.8) is 0 Å². The molecule has 2 rings (SSSR count). The van der Waals surface area contributed by atoms with Crippen LogP contribution in [-0.2, 0) is 9.59 Å². The van der Waals surface area contributed by atoms with E-state index in [4.69, 9.17) is 5.11 Å². The summed E-state index contributed by atoms with van der Waals surface area (Å²) in [7, 11) is 1.56. The maximum Gasteiger partial charge on any atom is 0.305 e. The molecule has 0 radical (unpaired) electrons. The van der Waals surface area contributed by atoms with E-state index >= 15 is 0 Å². The minimum absolute atomic E-state index is 0.0543. The second-order valence-electron chi connectivity index (χ2n) is 5.97. The third-order valence-corrected chi connectivity index (χ3v) is 4.01. The van der Waals surface area contributed by atoms with E-state index in [2.05, 4.69) is 5.32 Å². The average molecular weight is 354 g/mol. The number of hydrogen-bond donors (Lipinski definition) is 2. The molecule has 1 unspecified atom stereocenters. The maximum atomic E-state index is 12.5. The van der Waals surface area contributed by atoms with E-state index in [0.717, 1.165) is 5.56 Å². The van der Waals surface area contributed by atoms with Crippen molar-refractivity contribution in [1.82, 2.24) is 10.2 Å². The van der Waals surface area contributed by atoms with Gasteiger partial charge in [0, 0.05) is 19.2 Å². The number of aliphatic carboxylic acids is 1. The Kier molecular flexibility index (Phi) is 6.91. The van der Waals surface area contributed by atoms with Gasteiger partial charge < -0.3 is 15.3 Å². The van der Waals surface area contributed by atoms with E-state index in [9.17, 15) is 14.4 Å². The lowest BCUT2D eigenvalue weighted by atomic mass is 10.0. The van der Waals surface area contributed by atoms with Gasteiger partial charge in [-0.15, -0.1) is 0 Å². The second-order valence-corrected chi connectivity index (χ2v) is 5.97. The van der Waals surface area contributed by atoms with Crippen LogP contribution in [0.15, 0.2) is 60.7 Å². The van der Waals surface area contributed by atoms with Crippen molar-refractivity contribution in [2.45, 2.75) is 18.9 Å². The Balaban J connectivity index is 2.10. The van der Waals surface area contributed by atoms with Crippen LogP contribution in [0.3, 0.4) is 0 Å². The fourth-order valence-electron chi connectivity index (χ4n) is 2.49. The number of hydrogen-bond acceptors (Lipinski definition) is 3. The van der Waals surface area contributed by atoms with Crippen LogP contribution in [-0.4, -0.2) is 41.4 Å². The summed E-state index contributed by atoms with van der Waals surface area (Å²) in [6.07, 6.45) is -0.0622. The number of nitrogens with one attached hydrogen (secondary N) is 1. The summed E-state index contributed by atoms with van der Waals surface area (Å²) in [6.45, 7) is 0.127. The van der Waals surface area contributed by atoms with Crippen molar-refractivity contribution in [2.75, 3.05) is 13.6 Å². The molecule has 6 heteroatoms. The number of carboxylic acids is 1. The molecule has 0 heterocycles. The van der Waals surface area contributed by atoms with E-state index in [1.54, 1.807) is 31.3 Å². The summed E-state index contributed by atoms with van der Waals surface area (Å²) in [4.78, 5) is 37.0. The average Bonchev–Trinajstić information content (AvgIpc) is 2.66. The topological polar surface area (TPSA) is 86.7 Å². The summed E-state index contributed by atoms with van der Waals surface area (Å²) in [6, 6.07) is 17.5. The molecule has 2 aromatic carbocycles. The first-order valence-corrected chi connectivity index (χ1v) is 8.34. The Labute approximate surface area is 152 Å². The lowest BCUT2D eigenvalue weighted by molar-refractivity contribution is -0.138. The number of nitrogens with zero attached hydrogens (tertiary/aromatic N) is 1. The largest absolute Gasteiger partial charge is 0.481 e. The van der Waals surface area contributed by atoms with Gasteiger partial charge in [0.25, 0.3) is 5.91 Å². The van der Waals surface area contributed by atoms with Crippen LogP contribution >= 0.6 is 0 Å². The molecule has 26 heavy (non-hydrogen) atoms. The molecular formula is C20H22N2O4. The third-order valence-electron chi connectivity index (χ3n) is 4.01. The summed E-state index contributed by atoms with van der Waals surface area (Å²) in [5.74, 6) is -1.45. The first-order valence-electron chi connectivity index (χ1n) is 8.34. The molecule has 6 nitrogen and oxygen atoms in total. The van der Waals surface area contributed by atoms with Crippen molar-refractivity contribution >= 4 is 17.8 Å². The molecule has 0 fully saturated rings. The quantitative estimate of drug-likeness (QED) is 0.762. The fourth-order valence-corrected chi connectivity index (χ4v) is 2.49. The lowest BCUT2D eigenvalue weighted by Crippen LogP contribution is -2.35. The van der Waals surface area contributed by atoms with E-state index in [0.29, 0.717) is 5.56 Å². The number of carbonyl (C=O) groups is 3. The van der Waals surface area contributed by atoms with Gasteiger partial charge in [0.15, 0.2) is 0 Å². The van der Waals surface area contributed by atoms with Gasteiger partial charge in [-0.1, -0.05) is 48.5 Å². The molecule has 0 aliphatic heterocycles. The third kappa shape index (κ3) is 5.73. The van der Waals surface area contributed by atoms with Crippen LogP contribution in [0, 0.1) is 0 Å². The number of carboxylic acid groups (broad SMARTS) is 1. The molecule has 0 spiro atoms. The number of rotatable bonds is 8. The molecule has 2 aromatic rings. The highest BCUT2D eigenvalue weighted by atomic mass is 16.4. The van der Waals surface area contributed by atoms with E-state index < -0.39 is 12.0 Å². The number of benzene rings is 2. The van der Waals surface area contributed by atoms with Gasteiger partial charge >= 0.3 is 5.97 Å². The van der Waals surface area contributed by atoms with Gasteiger partial charge in [0.2, 0.25) is 5.91 Å². The van der Waals surface area contributed by atoms with Crippen LogP contribution in [0.25, 0.3) is 0 Å². The van der Waals surface area contributed by atoms with Crippen LogP contribution < -0.4 is 5.32 Å². The highest BCUT2D eigenvalue weighted by molar-refractivity contribution is 5.94. The lowest BCUT2D eigenvalue weighted by Gasteiger charge is -2.22. The minimum Gasteiger partial charge on any atom is -0.481 e. The number of amides is 2. The zero-order valence-electron chi connectivity index (χ0n) is 14.6. The summed E-state index contributed by atoms with van der Waals surface area (Å²) in [5, 5.41) is 11.7. The molecule has 0 saturated carbocycles. The normalized spacial score (nSPS) is 11.4. The molecule has 0 aliphatic rings. The molecule has 2 amide bonds. The van der Waals surface area contributed by atoms with Crippen LogP contribution in [0.2, 0.25) is 0 Å². The van der Waals surface area contributed by atoms with Crippen LogP contribution in [0.4, 0.5) is 0 Å². The van der Waals surface area contributed by atoms with Crippen molar-refractivity contribution in [3.05, 3.63) is 71.8 Å². The van der Waals surface area contributed by atoms with Gasteiger partial charge in [-0.2, -0.15) is 0 Å². The molecule has 0 saturated heterocycles. The Morgan fingerprint density at radius 1 is 1.00 bits per heavy atom. The first-order chi connectivity index (χ1) is 12.5. The highest BCUT2D eigenvalue weighted by Crippen LogP contribution is 2.18. The molecule has 2 N–H and O–H groups in total. The Morgan fingerprint density at radius 3 is 2.15 bits per heavy atom. The maximum absolute atomic E-state index is 12.5. The van der Waals surface area contributed by atoms with Crippen molar-refractivity contribution in [2.24, 2.45) is 0 Å². The summed E-state index contributed by atoms with van der Waals surface area (Å²) >= 11 is 0. The smallest absolute Gasteiger partial charge is 0.305 e. The first kappa shape index (κ1) is 19.2. The summed E-state index contributed by atoms with van der Waals surface area (Å²) < 4.78 is 0. The minimum atomic E-state index is -0.957. The Hall–Kier alpha value is -3.15. The zero-order chi connectivity index (χ0) is 18.9. The molecule has 0 bridgehead atoms. The van der Waals surface area contributed by atoms with E-state index in [1.165, 1.54) is 4.90 Å². The molecule has 1 atom stereocenters. The number of carbonyl (C=O) groups excluding carboxylic acids is 2. The SMILES string of the molecule is CN(CCC(=O)O)C(=O)CC(NC(=O)c1ccccc1)c1ccccc1. The van der Waals surface area contributed by atoms with Gasteiger partial charge in [-0.25, -0.2) is 0 Å². The molecular weight excluding hydrogens is 332 g/mol. The van der Waals surface area contributed by atoms with Gasteiger partial charge in [-0.3, -0.25) is 14.4 Å². The fraction of sp³-hybridized carbons (Fsp3) is 0.250. The van der Waals surface area contributed by atoms with Crippen LogP contribution in [0.5, 0.6) is 0 Å². The Bertz CT molecular complexity index is 747. The zero-order valence-corrected chi connectivity index (χ0v) is 14.6. The van der Waals surface area contributed by atoms with E-state index in [1.807, 2.05) is 36.4 Å². The van der Waals surface area contributed by atoms with Crippen molar-refractivity contribution in [1.29, 1.82) is 0 Å². The monoisotopic (exact) mass is 354 g/mol. The Morgan fingerprint density at radius 2 is 1.58 bits per heavy atom. The predicted molar refractivity (Wildman–Crippen MR) is 97.6 cm³/mol. The molecule has 0 aliphatic carbocycles. The molecule has 0 aromatic heterocycles. The van der Waals surface area contributed by atoms with Crippen LogP contribution in [0.1, 0.15) is 34.8 Å². The van der Waals surface area contributed by atoms with Gasteiger partial charge in [0.05, 0.1) is 18.9 Å². The van der Waals surface area contributed by atoms with Crippen molar-refractivity contribution < 1.29 is 19.5 Å². The van der Waals surface area contributed by atoms with Crippen molar-refractivity contribution in [3.8, 4) is 0 Å². The standard InChI is InChI=1S/C20H22N2O4/c1-22(13-12-19(24)25)18(23)14-17(15-8-4-2-5-9-15)21-20(26)16-10-6-3-7-11-16/h2-11,17H,12-14H2,1H3,(H,21,26)(H,24,25). The highest BCUT2D eigenvalue weighted by Gasteiger charge is 2.21.